The molecular weight excluding hydrogens is 302 g/mol. The summed E-state index contributed by atoms with van der Waals surface area (Å²) in [6, 6.07) is 4.92. The number of benzene rings is 1. The van der Waals surface area contributed by atoms with Gasteiger partial charge in [-0.3, -0.25) is 10.1 Å². The van der Waals surface area contributed by atoms with Gasteiger partial charge >= 0.3 is 11.6 Å². The predicted octanol–water partition coefficient (Wildman–Crippen LogP) is 2.85. The van der Waals surface area contributed by atoms with Crippen molar-refractivity contribution in [3.63, 3.8) is 0 Å². The highest BCUT2D eigenvalue weighted by molar-refractivity contribution is 6.31. The number of hydrogen-bond acceptors (Lipinski definition) is 7. The van der Waals surface area contributed by atoms with Crippen LogP contribution in [0.1, 0.15) is 0 Å². The van der Waals surface area contributed by atoms with E-state index in [1.54, 1.807) is 18.2 Å². The molecule has 0 atom stereocenters. The molecule has 0 bridgehead atoms. The Morgan fingerprint density at radius 3 is 2.33 bits per heavy atom. The molecule has 1 heterocycles. The summed E-state index contributed by atoms with van der Waals surface area (Å²) in [5.41, 5.74) is -0.535. The van der Waals surface area contributed by atoms with Gasteiger partial charge < -0.3 is 14.2 Å². The highest BCUT2D eigenvalue weighted by Crippen LogP contribution is 2.42. The van der Waals surface area contributed by atoms with Crippen molar-refractivity contribution in [2.24, 2.45) is 0 Å². The topological polar surface area (TPSA) is 96.6 Å². The van der Waals surface area contributed by atoms with Crippen LogP contribution in [0, 0.1) is 10.1 Å². The second-order valence-electron chi connectivity index (χ2n) is 3.67. The van der Waals surface area contributed by atoms with Crippen LogP contribution >= 0.6 is 11.6 Å². The minimum absolute atomic E-state index is 0.153. The summed E-state index contributed by atoms with van der Waals surface area (Å²) in [4.78, 5) is 17.6. The summed E-state index contributed by atoms with van der Waals surface area (Å²) in [6.45, 7) is 0. The number of hydrogen-bond donors (Lipinski definition) is 0. The van der Waals surface area contributed by atoms with Gasteiger partial charge in [0.2, 0.25) is 10.9 Å². The van der Waals surface area contributed by atoms with E-state index >= 15 is 0 Å². The highest BCUT2D eigenvalue weighted by atomic mass is 35.5. The fraction of sp³-hybridized carbons (Fsp3) is 0.167. The Morgan fingerprint density at radius 2 is 1.81 bits per heavy atom. The number of nitrogens with zero attached hydrogens (tertiary/aromatic N) is 3. The van der Waals surface area contributed by atoms with Crippen molar-refractivity contribution in [1.82, 2.24) is 9.97 Å². The third-order valence-electron chi connectivity index (χ3n) is 2.51. The van der Waals surface area contributed by atoms with E-state index in [1.807, 2.05) is 0 Å². The maximum atomic E-state index is 11.0. The average molecular weight is 312 g/mol. The fourth-order valence-electron chi connectivity index (χ4n) is 1.59. The molecule has 0 amide bonds. The van der Waals surface area contributed by atoms with E-state index in [0.29, 0.717) is 11.5 Å². The summed E-state index contributed by atoms with van der Waals surface area (Å²) in [5, 5.41) is 10.7. The molecule has 0 spiro atoms. The molecule has 0 N–H and O–H groups in total. The molecule has 21 heavy (non-hydrogen) atoms. The van der Waals surface area contributed by atoms with Gasteiger partial charge in [0.1, 0.15) is 6.33 Å². The molecule has 0 unspecified atom stereocenters. The number of halogens is 1. The van der Waals surface area contributed by atoms with E-state index in [2.05, 4.69) is 9.97 Å². The molecule has 1 aromatic heterocycles. The average Bonchev–Trinajstić information content (AvgIpc) is 2.47. The smallest absolute Gasteiger partial charge is 0.368 e. The van der Waals surface area contributed by atoms with Crippen LogP contribution in [-0.4, -0.2) is 29.1 Å². The summed E-state index contributed by atoms with van der Waals surface area (Å²) in [6.07, 6.45) is 1.06. The van der Waals surface area contributed by atoms with Gasteiger partial charge in [-0.05, 0) is 12.1 Å². The third kappa shape index (κ3) is 2.95. The Hall–Kier alpha value is -2.61. The molecular formula is C12H10ClN3O5. The van der Waals surface area contributed by atoms with E-state index in [-0.39, 0.29) is 16.8 Å². The van der Waals surface area contributed by atoms with E-state index < -0.39 is 10.6 Å². The van der Waals surface area contributed by atoms with Crippen molar-refractivity contribution in [2.75, 3.05) is 14.2 Å². The van der Waals surface area contributed by atoms with Crippen LogP contribution in [0.2, 0.25) is 5.15 Å². The Labute approximate surface area is 124 Å². The lowest BCUT2D eigenvalue weighted by molar-refractivity contribution is -0.386. The van der Waals surface area contributed by atoms with Crippen molar-refractivity contribution in [1.29, 1.82) is 0 Å². The van der Waals surface area contributed by atoms with Crippen LogP contribution in [0.25, 0.3) is 0 Å². The summed E-state index contributed by atoms with van der Waals surface area (Å²) < 4.78 is 15.7. The van der Waals surface area contributed by atoms with E-state index in [1.165, 1.54) is 14.2 Å². The van der Waals surface area contributed by atoms with Crippen molar-refractivity contribution in [3.05, 3.63) is 39.8 Å². The second kappa shape index (κ2) is 6.23. The van der Waals surface area contributed by atoms with Gasteiger partial charge in [-0.15, -0.1) is 0 Å². The Morgan fingerprint density at radius 1 is 1.19 bits per heavy atom. The fourth-order valence-corrected chi connectivity index (χ4v) is 1.78. The maximum Gasteiger partial charge on any atom is 0.368 e. The zero-order valence-electron chi connectivity index (χ0n) is 11.1. The van der Waals surface area contributed by atoms with Gasteiger partial charge in [-0.2, -0.15) is 4.98 Å². The van der Waals surface area contributed by atoms with Crippen molar-refractivity contribution in [2.45, 2.75) is 0 Å². The second-order valence-corrected chi connectivity index (χ2v) is 4.03. The Bertz CT molecular complexity index is 658. The van der Waals surface area contributed by atoms with Crippen LogP contribution in [-0.2, 0) is 0 Å². The third-order valence-corrected chi connectivity index (χ3v) is 2.78. The van der Waals surface area contributed by atoms with Crippen LogP contribution in [0.4, 0.5) is 5.69 Å². The summed E-state index contributed by atoms with van der Waals surface area (Å²) in [5.74, 6) is 0.514. The molecule has 8 nitrogen and oxygen atoms in total. The summed E-state index contributed by atoms with van der Waals surface area (Å²) in [7, 11) is 2.87. The number of para-hydroxylation sites is 1. The molecule has 110 valence electrons. The van der Waals surface area contributed by atoms with Crippen molar-refractivity contribution < 1.29 is 19.1 Å². The first-order valence-corrected chi connectivity index (χ1v) is 6.00. The Kier molecular flexibility index (Phi) is 4.39. The monoisotopic (exact) mass is 311 g/mol. The van der Waals surface area contributed by atoms with Gasteiger partial charge in [0.25, 0.3) is 0 Å². The number of ether oxygens (including phenoxy) is 3. The normalized spacial score (nSPS) is 10.0. The lowest BCUT2D eigenvalue weighted by atomic mass is 10.3. The van der Waals surface area contributed by atoms with Gasteiger partial charge in [0.05, 0.1) is 19.1 Å². The molecule has 2 rings (SSSR count). The zero-order valence-corrected chi connectivity index (χ0v) is 11.8. The lowest BCUT2D eigenvalue weighted by Gasteiger charge is -2.13. The van der Waals surface area contributed by atoms with Crippen LogP contribution < -0.4 is 14.2 Å². The van der Waals surface area contributed by atoms with E-state index in [9.17, 15) is 10.1 Å². The number of methoxy groups -OCH3 is 2. The van der Waals surface area contributed by atoms with E-state index in [4.69, 9.17) is 25.8 Å². The highest BCUT2D eigenvalue weighted by Gasteiger charge is 2.25. The molecule has 0 aliphatic rings. The number of aromatic nitrogens is 2. The van der Waals surface area contributed by atoms with Gasteiger partial charge in [-0.25, -0.2) is 4.98 Å². The first-order valence-electron chi connectivity index (χ1n) is 5.62. The Balaban J connectivity index is 2.53. The molecule has 1 aromatic carbocycles. The zero-order chi connectivity index (χ0) is 15.4. The maximum absolute atomic E-state index is 11.0. The number of nitro groups is 1. The summed E-state index contributed by atoms with van der Waals surface area (Å²) >= 11 is 5.70. The minimum Gasteiger partial charge on any atom is -0.493 e. The molecule has 0 saturated carbocycles. The van der Waals surface area contributed by atoms with Crippen molar-refractivity contribution in [3.8, 4) is 23.1 Å². The molecule has 0 saturated heterocycles. The number of rotatable bonds is 5. The van der Waals surface area contributed by atoms with Crippen LogP contribution in [0.3, 0.4) is 0 Å². The van der Waals surface area contributed by atoms with Crippen LogP contribution in [0.5, 0.6) is 23.1 Å². The molecule has 9 heteroatoms. The van der Waals surface area contributed by atoms with Gasteiger partial charge in [0, 0.05) is 0 Å². The molecule has 2 aromatic rings. The first-order chi connectivity index (χ1) is 10.1. The molecule has 0 aliphatic heterocycles. The lowest BCUT2D eigenvalue weighted by Crippen LogP contribution is -2.00. The van der Waals surface area contributed by atoms with Gasteiger partial charge in [0.15, 0.2) is 11.5 Å². The van der Waals surface area contributed by atoms with E-state index in [0.717, 1.165) is 6.33 Å². The van der Waals surface area contributed by atoms with Gasteiger partial charge in [-0.1, -0.05) is 17.7 Å². The molecule has 0 radical (unpaired) electrons. The molecule has 0 aliphatic carbocycles. The molecule has 0 fully saturated rings. The quantitative estimate of drug-likeness (QED) is 0.475. The van der Waals surface area contributed by atoms with Crippen LogP contribution in [0.15, 0.2) is 24.5 Å². The first kappa shape index (κ1) is 14.8. The van der Waals surface area contributed by atoms with Crippen molar-refractivity contribution >= 4 is 17.3 Å². The predicted molar refractivity (Wildman–Crippen MR) is 73.3 cm³/mol. The standard InChI is InChI=1S/C12H10ClN3O5/c1-19-7-4-3-5-8(20-2)10(7)21-12-9(16(17)18)11(13)14-6-15-12/h3-6H,1-2H3. The minimum atomic E-state index is -0.723. The largest absolute Gasteiger partial charge is 0.493 e. The SMILES string of the molecule is COc1cccc(OC)c1Oc1ncnc(Cl)c1[N+](=O)[O-].